The fraction of sp³-hybridized carbons (Fsp3) is 0.391. The molecule has 0 aliphatic carbocycles. The van der Waals surface area contributed by atoms with Gasteiger partial charge in [0.15, 0.2) is 0 Å². The number of halogens is 1. The van der Waals surface area contributed by atoms with Crippen molar-refractivity contribution in [1.29, 1.82) is 0 Å². The fourth-order valence-electron chi connectivity index (χ4n) is 3.57. The second kappa shape index (κ2) is 11.0. The summed E-state index contributed by atoms with van der Waals surface area (Å²) in [6.45, 7) is 4.69. The van der Waals surface area contributed by atoms with Gasteiger partial charge in [-0.25, -0.2) is 0 Å². The molecule has 1 saturated heterocycles. The maximum Gasteiger partial charge on any atom is 0.321 e. The summed E-state index contributed by atoms with van der Waals surface area (Å²) in [6.07, 6.45) is 4.79. The number of rotatable bonds is 10. The Morgan fingerprint density at radius 3 is 2.65 bits per heavy atom. The molecule has 1 fully saturated rings. The molecule has 0 bridgehead atoms. The van der Waals surface area contributed by atoms with Gasteiger partial charge in [0, 0.05) is 23.8 Å². The fourth-order valence-corrected chi connectivity index (χ4v) is 3.69. The summed E-state index contributed by atoms with van der Waals surface area (Å²) >= 11 is 5.89. The minimum atomic E-state index is 0.326. The number of nitrogens with one attached hydrogen (secondary N) is 2. The average molecular weight is 442 g/mol. The Bertz CT molecular complexity index is 941. The molecule has 2 heterocycles. The van der Waals surface area contributed by atoms with Crippen LogP contribution >= 0.6 is 11.6 Å². The molecule has 3 aromatic rings. The number of ether oxygens (including phenoxy) is 1. The molecule has 2 aromatic carbocycles. The van der Waals surface area contributed by atoms with Gasteiger partial charge < -0.3 is 19.8 Å². The van der Waals surface area contributed by atoms with Crippen molar-refractivity contribution in [2.24, 2.45) is 0 Å². The first-order chi connectivity index (χ1) is 15.2. The lowest BCUT2D eigenvalue weighted by molar-refractivity contribution is 0.220. The minimum Gasteiger partial charge on any atom is -0.494 e. The molecule has 0 saturated carbocycles. The number of anilines is 3. The van der Waals surface area contributed by atoms with Gasteiger partial charge >= 0.3 is 12.0 Å². The molecule has 7 nitrogen and oxygen atoms in total. The van der Waals surface area contributed by atoms with Crippen molar-refractivity contribution in [3.63, 3.8) is 0 Å². The maximum absolute atomic E-state index is 5.92. The highest BCUT2D eigenvalue weighted by Gasteiger charge is 2.11. The smallest absolute Gasteiger partial charge is 0.321 e. The molecule has 31 heavy (non-hydrogen) atoms. The molecule has 0 atom stereocenters. The molecule has 1 aliphatic heterocycles. The normalized spacial score (nSPS) is 14.4. The largest absolute Gasteiger partial charge is 0.494 e. The standard InChI is InChI=1S/C23H28ClN5O2/c24-19-8-10-20(11-9-19)26-23-28-27-22(31-23)25-12-5-15-30-21-7-4-6-18(16-21)17-29-13-2-1-3-14-29/h4,6-11,16H,1-3,5,12-15,17H2,(H,25,27)(H,26,28). The summed E-state index contributed by atoms with van der Waals surface area (Å²) in [4.78, 5) is 2.52. The van der Waals surface area contributed by atoms with Gasteiger partial charge in [-0.05, 0) is 74.3 Å². The van der Waals surface area contributed by atoms with E-state index in [1.807, 2.05) is 18.2 Å². The van der Waals surface area contributed by atoms with Crippen LogP contribution in [0.3, 0.4) is 0 Å². The predicted molar refractivity (Wildman–Crippen MR) is 123 cm³/mol. The highest BCUT2D eigenvalue weighted by Crippen LogP contribution is 2.20. The Balaban J connectivity index is 1.16. The molecule has 2 N–H and O–H groups in total. The van der Waals surface area contributed by atoms with Crippen LogP contribution in [0.1, 0.15) is 31.2 Å². The van der Waals surface area contributed by atoms with E-state index in [0.29, 0.717) is 30.2 Å². The summed E-state index contributed by atoms with van der Waals surface area (Å²) in [5, 5.41) is 14.8. The second-order valence-electron chi connectivity index (χ2n) is 7.66. The summed E-state index contributed by atoms with van der Waals surface area (Å²) in [5.74, 6) is 0.918. The Hall–Kier alpha value is -2.77. The lowest BCUT2D eigenvalue weighted by atomic mass is 10.1. The molecule has 4 rings (SSSR count). The van der Waals surface area contributed by atoms with Gasteiger partial charge in [-0.1, -0.05) is 40.4 Å². The lowest BCUT2D eigenvalue weighted by Gasteiger charge is -2.26. The Morgan fingerprint density at radius 2 is 1.81 bits per heavy atom. The van der Waals surface area contributed by atoms with Crippen molar-refractivity contribution in [3.8, 4) is 5.75 Å². The van der Waals surface area contributed by atoms with Crippen LogP contribution in [0.15, 0.2) is 52.9 Å². The Labute approximate surface area is 187 Å². The van der Waals surface area contributed by atoms with E-state index in [1.54, 1.807) is 12.1 Å². The van der Waals surface area contributed by atoms with Crippen molar-refractivity contribution < 1.29 is 9.15 Å². The van der Waals surface area contributed by atoms with Crippen LogP contribution in [-0.2, 0) is 6.54 Å². The summed E-state index contributed by atoms with van der Waals surface area (Å²) in [6, 6.07) is 16.4. The Kier molecular flexibility index (Phi) is 7.63. The van der Waals surface area contributed by atoms with Gasteiger partial charge in [-0.2, -0.15) is 0 Å². The van der Waals surface area contributed by atoms with Gasteiger partial charge in [0.1, 0.15) is 5.75 Å². The van der Waals surface area contributed by atoms with Crippen LogP contribution in [-0.4, -0.2) is 41.3 Å². The molecule has 0 radical (unpaired) electrons. The van der Waals surface area contributed by atoms with Crippen LogP contribution < -0.4 is 15.4 Å². The third kappa shape index (κ3) is 6.87. The molecule has 164 valence electrons. The number of aromatic nitrogens is 2. The van der Waals surface area contributed by atoms with E-state index in [-0.39, 0.29) is 0 Å². The van der Waals surface area contributed by atoms with Crippen LogP contribution in [0, 0.1) is 0 Å². The third-order valence-corrected chi connectivity index (χ3v) is 5.39. The Morgan fingerprint density at radius 1 is 1.00 bits per heavy atom. The van der Waals surface area contributed by atoms with Crippen LogP contribution in [0.5, 0.6) is 5.75 Å². The molecule has 8 heteroatoms. The van der Waals surface area contributed by atoms with E-state index in [0.717, 1.165) is 24.4 Å². The van der Waals surface area contributed by atoms with E-state index in [4.69, 9.17) is 20.8 Å². The number of benzene rings is 2. The van der Waals surface area contributed by atoms with Gasteiger partial charge in [0.05, 0.1) is 6.61 Å². The number of likely N-dealkylation sites (tertiary alicyclic amines) is 1. The highest BCUT2D eigenvalue weighted by atomic mass is 35.5. The zero-order valence-corrected chi connectivity index (χ0v) is 18.3. The number of piperidine rings is 1. The minimum absolute atomic E-state index is 0.326. The quantitative estimate of drug-likeness (QED) is 0.411. The van der Waals surface area contributed by atoms with E-state index in [9.17, 15) is 0 Å². The predicted octanol–water partition coefficient (Wildman–Crippen LogP) is 5.33. The second-order valence-corrected chi connectivity index (χ2v) is 8.09. The van der Waals surface area contributed by atoms with Gasteiger partial charge in [-0.3, -0.25) is 4.90 Å². The van der Waals surface area contributed by atoms with Crippen molar-refractivity contribution in [2.75, 3.05) is 36.9 Å². The summed E-state index contributed by atoms with van der Waals surface area (Å²) in [5.41, 5.74) is 2.14. The van der Waals surface area contributed by atoms with E-state index in [1.165, 1.54) is 37.9 Å². The van der Waals surface area contributed by atoms with Crippen molar-refractivity contribution >= 4 is 29.3 Å². The van der Waals surface area contributed by atoms with E-state index >= 15 is 0 Å². The first kappa shape index (κ1) is 21.5. The van der Waals surface area contributed by atoms with E-state index in [2.05, 4.69) is 43.9 Å². The monoisotopic (exact) mass is 441 g/mol. The molecule has 1 aliphatic rings. The zero-order chi connectivity index (χ0) is 21.3. The molecule has 0 unspecified atom stereocenters. The van der Waals surface area contributed by atoms with Gasteiger partial charge in [-0.15, -0.1) is 0 Å². The number of nitrogens with zero attached hydrogens (tertiary/aromatic N) is 3. The molecule has 0 amide bonds. The lowest BCUT2D eigenvalue weighted by Crippen LogP contribution is -2.29. The van der Waals surface area contributed by atoms with Crippen molar-refractivity contribution in [2.45, 2.75) is 32.2 Å². The van der Waals surface area contributed by atoms with Crippen LogP contribution in [0.4, 0.5) is 17.7 Å². The van der Waals surface area contributed by atoms with E-state index < -0.39 is 0 Å². The summed E-state index contributed by atoms with van der Waals surface area (Å²) < 4.78 is 11.5. The van der Waals surface area contributed by atoms with Crippen LogP contribution in [0.25, 0.3) is 0 Å². The first-order valence-corrected chi connectivity index (χ1v) is 11.2. The van der Waals surface area contributed by atoms with Crippen molar-refractivity contribution in [1.82, 2.24) is 15.1 Å². The first-order valence-electron chi connectivity index (χ1n) is 10.8. The molecule has 1 aromatic heterocycles. The maximum atomic E-state index is 5.92. The highest BCUT2D eigenvalue weighted by molar-refractivity contribution is 6.30. The SMILES string of the molecule is Clc1ccc(Nc2nnc(NCCCOc3cccc(CN4CCCCC4)c3)o2)cc1. The van der Waals surface area contributed by atoms with Crippen LogP contribution in [0.2, 0.25) is 5.02 Å². The van der Waals surface area contributed by atoms with Gasteiger partial charge in [0.2, 0.25) is 0 Å². The number of hydrogen-bond donors (Lipinski definition) is 2. The van der Waals surface area contributed by atoms with Gasteiger partial charge in [0.25, 0.3) is 0 Å². The zero-order valence-electron chi connectivity index (χ0n) is 17.5. The topological polar surface area (TPSA) is 75.5 Å². The molecular formula is C23H28ClN5O2. The van der Waals surface area contributed by atoms with Crippen molar-refractivity contribution in [3.05, 3.63) is 59.1 Å². The summed E-state index contributed by atoms with van der Waals surface area (Å²) in [7, 11) is 0. The number of hydrogen-bond acceptors (Lipinski definition) is 7. The molecule has 0 spiro atoms. The third-order valence-electron chi connectivity index (χ3n) is 5.14. The average Bonchev–Trinajstić information content (AvgIpc) is 3.23. The molecular weight excluding hydrogens is 414 g/mol.